The highest BCUT2D eigenvalue weighted by Crippen LogP contribution is 2.45. The van der Waals surface area contributed by atoms with E-state index in [1.54, 1.807) is 45.0 Å². The lowest BCUT2D eigenvalue weighted by molar-refractivity contribution is -0.161. The van der Waals surface area contributed by atoms with Crippen LogP contribution in [0.25, 0.3) is 0 Å². The van der Waals surface area contributed by atoms with Crippen LogP contribution in [-0.2, 0) is 15.3 Å². The molecule has 8 heteroatoms. The first-order valence-electron chi connectivity index (χ1n) is 9.63. The van der Waals surface area contributed by atoms with E-state index in [4.69, 9.17) is 22.1 Å². The van der Waals surface area contributed by atoms with Crippen molar-refractivity contribution in [3.8, 4) is 0 Å². The Kier molecular flexibility index (Phi) is 6.15. The first kappa shape index (κ1) is 22.2. The zero-order valence-corrected chi connectivity index (χ0v) is 17.8. The lowest BCUT2D eigenvalue weighted by atomic mass is 9.91. The van der Waals surface area contributed by atoms with Crippen LogP contribution in [0.3, 0.4) is 0 Å². The molecule has 160 valence electrons. The van der Waals surface area contributed by atoms with Crippen LogP contribution in [0, 0.1) is 17.0 Å². The van der Waals surface area contributed by atoms with Crippen LogP contribution < -0.4 is 5.73 Å². The van der Waals surface area contributed by atoms with Gasteiger partial charge < -0.3 is 10.5 Å². The number of hydrogen-bond donors (Lipinski definition) is 1. The average Bonchev–Trinajstić information content (AvgIpc) is 3.07. The summed E-state index contributed by atoms with van der Waals surface area (Å²) in [5.41, 5.74) is 3.80. The van der Waals surface area contributed by atoms with E-state index in [1.165, 1.54) is 5.01 Å². The quantitative estimate of drug-likeness (QED) is 0.735. The van der Waals surface area contributed by atoms with Crippen molar-refractivity contribution in [2.75, 3.05) is 6.54 Å². The smallest absolute Gasteiger partial charge is 0.251 e. The van der Waals surface area contributed by atoms with Crippen LogP contribution in [0.4, 0.5) is 8.78 Å². The van der Waals surface area contributed by atoms with E-state index in [1.807, 2.05) is 0 Å². The van der Waals surface area contributed by atoms with Gasteiger partial charge in [0, 0.05) is 22.4 Å². The van der Waals surface area contributed by atoms with Crippen molar-refractivity contribution >= 4 is 23.4 Å². The van der Waals surface area contributed by atoms with Gasteiger partial charge in [0.1, 0.15) is 11.6 Å². The molecule has 2 aromatic rings. The first-order chi connectivity index (χ1) is 14.1. The highest BCUT2D eigenvalue weighted by molar-refractivity contribution is 6.31. The molecule has 1 aliphatic rings. The Morgan fingerprint density at radius 1 is 1.23 bits per heavy atom. The van der Waals surface area contributed by atoms with Gasteiger partial charge in [-0.1, -0.05) is 50.6 Å². The molecule has 3 rings (SSSR count). The Bertz CT molecular complexity index is 991. The van der Waals surface area contributed by atoms with Crippen LogP contribution in [0.5, 0.6) is 0 Å². The molecule has 30 heavy (non-hydrogen) atoms. The maximum absolute atomic E-state index is 14.5. The fourth-order valence-electron chi connectivity index (χ4n) is 3.27. The van der Waals surface area contributed by atoms with Crippen molar-refractivity contribution in [3.63, 3.8) is 0 Å². The second-order valence-corrected chi connectivity index (χ2v) is 8.56. The summed E-state index contributed by atoms with van der Waals surface area (Å²) in [6.07, 6.45) is 0.743. The molecule has 1 amide bonds. The molecule has 1 aliphatic heterocycles. The Hall–Kier alpha value is -2.51. The lowest BCUT2D eigenvalue weighted by Crippen LogP contribution is -2.49. The molecule has 2 aromatic carbocycles. The number of rotatable bonds is 5. The molecular weight excluding hydrogens is 412 g/mol. The number of amides is 1. The normalized spacial score (nSPS) is 18.9. The summed E-state index contributed by atoms with van der Waals surface area (Å²) in [5.74, 6) is -1.91. The minimum Gasteiger partial charge on any atom is -0.443 e. The molecular formula is C22H24ClF2N3O2. The molecule has 1 atom stereocenters. The summed E-state index contributed by atoms with van der Waals surface area (Å²) >= 11 is 6.47. The molecule has 0 bridgehead atoms. The van der Waals surface area contributed by atoms with E-state index < -0.39 is 22.8 Å². The van der Waals surface area contributed by atoms with E-state index in [2.05, 4.69) is 5.10 Å². The molecule has 5 nitrogen and oxygen atoms in total. The van der Waals surface area contributed by atoms with Gasteiger partial charge in [0.15, 0.2) is 0 Å². The fraction of sp³-hybridized carbons (Fsp3) is 0.364. The van der Waals surface area contributed by atoms with E-state index in [0.29, 0.717) is 23.6 Å². The van der Waals surface area contributed by atoms with Gasteiger partial charge in [-0.2, -0.15) is 5.01 Å². The highest BCUT2D eigenvalue weighted by atomic mass is 35.5. The fourth-order valence-corrected chi connectivity index (χ4v) is 3.56. The average molecular weight is 436 g/mol. The number of hydrazone groups is 1. The Morgan fingerprint density at radius 3 is 2.57 bits per heavy atom. The lowest BCUT2D eigenvalue weighted by Gasteiger charge is -2.38. The molecule has 0 radical (unpaired) electrons. The van der Waals surface area contributed by atoms with Crippen LogP contribution in [0.1, 0.15) is 44.7 Å². The van der Waals surface area contributed by atoms with Gasteiger partial charge in [0.25, 0.3) is 5.91 Å². The Morgan fingerprint density at radius 2 is 1.93 bits per heavy atom. The number of hydrogen-bond acceptors (Lipinski definition) is 4. The summed E-state index contributed by atoms with van der Waals surface area (Å²) in [5, 5.41) is 5.88. The number of ether oxygens (including phenoxy) is 1. The molecule has 0 aromatic heterocycles. The molecule has 1 heterocycles. The predicted molar refractivity (Wildman–Crippen MR) is 112 cm³/mol. The Balaban J connectivity index is 2.22. The largest absolute Gasteiger partial charge is 0.443 e. The third-order valence-electron chi connectivity index (χ3n) is 4.81. The van der Waals surface area contributed by atoms with Gasteiger partial charge in [-0.15, -0.1) is 5.10 Å². The summed E-state index contributed by atoms with van der Waals surface area (Å²) in [6, 6.07) is 9.88. The topological polar surface area (TPSA) is 67.9 Å². The number of halogens is 3. The minimum absolute atomic E-state index is 0.177. The van der Waals surface area contributed by atoms with E-state index in [9.17, 15) is 13.6 Å². The minimum atomic E-state index is -1.43. The SMILES string of the molecule is CC(C)(C)C(=O)N1N=C(c2cc(F)ccc2F)OC1(CCCN)c1ccccc1Cl. The van der Waals surface area contributed by atoms with Gasteiger partial charge in [-0.3, -0.25) is 4.79 Å². The summed E-state index contributed by atoms with van der Waals surface area (Å²) in [4.78, 5) is 13.4. The number of nitrogens with two attached hydrogens (primary N) is 1. The van der Waals surface area contributed by atoms with E-state index >= 15 is 0 Å². The van der Waals surface area contributed by atoms with Gasteiger partial charge in [0.2, 0.25) is 11.6 Å². The molecule has 0 saturated carbocycles. The summed E-state index contributed by atoms with van der Waals surface area (Å²) < 4.78 is 34.5. The number of benzene rings is 2. The Labute approximate surface area is 179 Å². The zero-order valence-electron chi connectivity index (χ0n) is 17.1. The molecule has 0 spiro atoms. The van der Waals surface area contributed by atoms with E-state index in [-0.39, 0.29) is 23.8 Å². The standard InChI is InChI=1S/C22H24ClF2N3O2/c1-21(2,3)20(29)28-22(11-6-12-26,16-7-4-5-8-17(16)23)30-19(27-28)15-13-14(24)9-10-18(15)25/h4-5,7-10,13H,6,11-12,26H2,1-3H3. The van der Waals surface area contributed by atoms with Crippen molar-refractivity contribution in [2.45, 2.75) is 39.3 Å². The van der Waals surface area contributed by atoms with Crippen molar-refractivity contribution in [1.29, 1.82) is 0 Å². The molecule has 1 unspecified atom stereocenters. The van der Waals surface area contributed by atoms with Crippen molar-refractivity contribution in [2.24, 2.45) is 16.3 Å². The highest BCUT2D eigenvalue weighted by Gasteiger charge is 2.52. The molecule has 2 N–H and O–H groups in total. The maximum atomic E-state index is 14.5. The van der Waals surface area contributed by atoms with Crippen molar-refractivity contribution in [3.05, 3.63) is 70.2 Å². The van der Waals surface area contributed by atoms with Crippen molar-refractivity contribution in [1.82, 2.24) is 5.01 Å². The number of nitrogens with zero attached hydrogens (tertiary/aromatic N) is 2. The predicted octanol–water partition coefficient (Wildman–Crippen LogP) is 4.78. The third-order valence-corrected chi connectivity index (χ3v) is 5.14. The van der Waals surface area contributed by atoms with Crippen LogP contribution in [0.15, 0.2) is 47.6 Å². The monoisotopic (exact) mass is 435 g/mol. The maximum Gasteiger partial charge on any atom is 0.251 e. The number of carbonyl (C=O) groups excluding carboxylic acids is 1. The molecule has 0 saturated heterocycles. The van der Waals surface area contributed by atoms with Crippen molar-refractivity contribution < 1.29 is 18.3 Å². The second-order valence-electron chi connectivity index (χ2n) is 8.15. The van der Waals surface area contributed by atoms with Gasteiger partial charge >= 0.3 is 0 Å². The summed E-state index contributed by atoms with van der Waals surface area (Å²) in [6.45, 7) is 5.56. The van der Waals surface area contributed by atoms with Crippen LogP contribution in [-0.4, -0.2) is 23.4 Å². The molecule has 0 fully saturated rings. The van der Waals surface area contributed by atoms with Gasteiger partial charge in [-0.05, 0) is 37.2 Å². The van der Waals surface area contributed by atoms with Crippen LogP contribution in [0.2, 0.25) is 5.02 Å². The van der Waals surface area contributed by atoms with Crippen LogP contribution >= 0.6 is 11.6 Å². The third kappa shape index (κ3) is 4.04. The number of carbonyl (C=O) groups is 1. The van der Waals surface area contributed by atoms with Gasteiger partial charge in [0.05, 0.1) is 5.56 Å². The van der Waals surface area contributed by atoms with Gasteiger partial charge in [-0.25, -0.2) is 8.78 Å². The zero-order chi connectivity index (χ0) is 22.1. The molecule has 0 aliphatic carbocycles. The first-order valence-corrected chi connectivity index (χ1v) is 10.0. The second kappa shape index (κ2) is 8.32. The summed E-state index contributed by atoms with van der Waals surface area (Å²) in [7, 11) is 0. The van der Waals surface area contributed by atoms with E-state index in [0.717, 1.165) is 18.2 Å².